The second-order valence-electron chi connectivity index (χ2n) is 5.58. The van der Waals surface area contributed by atoms with E-state index in [9.17, 15) is 4.79 Å². The van der Waals surface area contributed by atoms with Gasteiger partial charge in [-0.3, -0.25) is 4.79 Å². The van der Waals surface area contributed by atoms with Crippen LogP contribution >= 0.6 is 0 Å². The summed E-state index contributed by atoms with van der Waals surface area (Å²) in [6.07, 6.45) is 1.10. The minimum atomic E-state index is 0.113. The predicted molar refractivity (Wildman–Crippen MR) is 87.7 cm³/mol. The summed E-state index contributed by atoms with van der Waals surface area (Å²) in [6.45, 7) is 1.71. The Morgan fingerprint density at radius 1 is 0.955 bits per heavy atom. The van der Waals surface area contributed by atoms with E-state index in [0.717, 1.165) is 47.2 Å². The Labute approximate surface area is 129 Å². The fourth-order valence-electron chi connectivity index (χ4n) is 2.80. The topological polar surface area (TPSA) is 33.2 Å². The van der Waals surface area contributed by atoms with Gasteiger partial charge in [0, 0.05) is 24.0 Å². The number of carbonyl (C=O) groups is 1. The second-order valence-corrected chi connectivity index (χ2v) is 5.58. The standard InChI is InChI=1S/C19H16N2O/c22-19(21-11-6-12-21)16-13-18(14-7-2-1-3-8-14)20-17-10-5-4-9-15(16)17/h1-5,7-10,13H,6,11-12H2. The number of amides is 1. The molecule has 2 heterocycles. The molecule has 1 amide bonds. The summed E-state index contributed by atoms with van der Waals surface area (Å²) < 4.78 is 0. The molecule has 0 aliphatic carbocycles. The van der Waals surface area contributed by atoms with Crippen LogP contribution in [0.3, 0.4) is 0 Å². The van der Waals surface area contributed by atoms with Crippen LogP contribution in [0.2, 0.25) is 0 Å². The smallest absolute Gasteiger partial charge is 0.254 e. The Morgan fingerprint density at radius 3 is 2.41 bits per heavy atom. The Bertz CT molecular complexity index is 838. The Balaban J connectivity index is 1.91. The fraction of sp³-hybridized carbons (Fsp3) is 0.158. The molecule has 3 nitrogen and oxygen atoms in total. The van der Waals surface area contributed by atoms with E-state index in [4.69, 9.17) is 4.98 Å². The molecule has 1 saturated heterocycles. The number of aromatic nitrogens is 1. The third-order valence-electron chi connectivity index (χ3n) is 4.16. The van der Waals surface area contributed by atoms with Gasteiger partial charge >= 0.3 is 0 Å². The van der Waals surface area contributed by atoms with Crippen LogP contribution in [0.5, 0.6) is 0 Å². The molecule has 1 aromatic heterocycles. The zero-order valence-electron chi connectivity index (χ0n) is 12.2. The second kappa shape index (κ2) is 5.26. The number of fused-ring (bicyclic) bond motifs is 1. The molecule has 1 aliphatic rings. The van der Waals surface area contributed by atoms with E-state index >= 15 is 0 Å². The van der Waals surface area contributed by atoms with E-state index in [1.807, 2.05) is 65.6 Å². The number of rotatable bonds is 2. The lowest BCUT2D eigenvalue weighted by Gasteiger charge is -2.31. The van der Waals surface area contributed by atoms with E-state index in [-0.39, 0.29) is 5.91 Å². The Kier molecular flexibility index (Phi) is 3.11. The summed E-state index contributed by atoms with van der Waals surface area (Å²) in [5, 5.41) is 0.930. The molecule has 108 valence electrons. The van der Waals surface area contributed by atoms with Gasteiger partial charge in [-0.25, -0.2) is 4.98 Å². The van der Waals surface area contributed by atoms with Crippen molar-refractivity contribution in [3.05, 3.63) is 66.2 Å². The largest absolute Gasteiger partial charge is 0.338 e. The molecule has 4 rings (SSSR count). The molecular weight excluding hydrogens is 272 g/mol. The number of hydrogen-bond donors (Lipinski definition) is 0. The van der Waals surface area contributed by atoms with Crippen molar-refractivity contribution in [2.75, 3.05) is 13.1 Å². The summed E-state index contributed by atoms with van der Waals surface area (Å²) in [6, 6.07) is 19.8. The first kappa shape index (κ1) is 13.0. The van der Waals surface area contributed by atoms with Crippen LogP contribution in [-0.4, -0.2) is 28.9 Å². The number of pyridine rings is 1. The van der Waals surface area contributed by atoms with Gasteiger partial charge in [0.25, 0.3) is 5.91 Å². The lowest BCUT2D eigenvalue weighted by Crippen LogP contribution is -2.42. The maximum atomic E-state index is 12.7. The molecule has 0 spiro atoms. The normalized spacial score (nSPS) is 13.9. The highest BCUT2D eigenvalue weighted by Gasteiger charge is 2.24. The molecule has 0 N–H and O–H groups in total. The number of nitrogens with zero attached hydrogens (tertiary/aromatic N) is 2. The van der Waals surface area contributed by atoms with Gasteiger partial charge in [0.2, 0.25) is 0 Å². The SMILES string of the molecule is O=C(c1cc(-c2ccccc2)nc2ccccc12)N1CCC1. The summed E-state index contributed by atoms with van der Waals surface area (Å²) >= 11 is 0. The van der Waals surface area contributed by atoms with Crippen LogP contribution in [0.1, 0.15) is 16.8 Å². The van der Waals surface area contributed by atoms with Gasteiger partial charge in [-0.15, -0.1) is 0 Å². The first-order valence-corrected chi connectivity index (χ1v) is 7.57. The van der Waals surface area contributed by atoms with Gasteiger partial charge in [0.15, 0.2) is 0 Å². The Hall–Kier alpha value is -2.68. The third-order valence-corrected chi connectivity index (χ3v) is 4.16. The molecule has 2 aromatic carbocycles. The van der Waals surface area contributed by atoms with Crippen LogP contribution < -0.4 is 0 Å². The quantitative estimate of drug-likeness (QED) is 0.719. The lowest BCUT2D eigenvalue weighted by atomic mass is 10.0. The van der Waals surface area contributed by atoms with Crippen molar-refractivity contribution in [1.82, 2.24) is 9.88 Å². The number of para-hydroxylation sites is 1. The molecule has 0 bridgehead atoms. The zero-order chi connectivity index (χ0) is 14.9. The number of likely N-dealkylation sites (tertiary alicyclic amines) is 1. The van der Waals surface area contributed by atoms with Crippen molar-refractivity contribution in [2.24, 2.45) is 0 Å². The highest BCUT2D eigenvalue weighted by molar-refractivity contribution is 6.07. The van der Waals surface area contributed by atoms with Crippen molar-refractivity contribution < 1.29 is 4.79 Å². The molecule has 1 fully saturated rings. The van der Waals surface area contributed by atoms with Crippen molar-refractivity contribution in [2.45, 2.75) is 6.42 Å². The monoisotopic (exact) mass is 288 g/mol. The average molecular weight is 288 g/mol. The van der Waals surface area contributed by atoms with E-state index in [2.05, 4.69) is 0 Å². The lowest BCUT2D eigenvalue weighted by molar-refractivity contribution is 0.0654. The van der Waals surface area contributed by atoms with Crippen molar-refractivity contribution in [3.8, 4) is 11.3 Å². The predicted octanol–water partition coefficient (Wildman–Crippen LogP) is 3.75. The number of hydrogen-bond acceptors (Lipinski definition) is 2. The van der Waals surface area contributed by atoms with Gasteiger partial charge in [-0.05, 0) is 18.6 Å². The van der Waals surface area contributed by atoms with E-state index < -0.39 is 0 Å². The fourth-order valence-corrected chi connectivity index (χ4v) is 2.80. The molecule has 22 heavy (non-hydrogen) atoms. The molecular formula is C19H16N2O. The van der Waals surface area contributed by atoms with Crippen molar-refractivity contribution >= 4 is 16.8 Å². The molecule has 3 aromatic rings. The Morgan fingerprint density at radius 2 is 1.68 bits per heavy atom. The first-order valence-electron chi connectivity index (χ1n) is 7.57. The maximum Gasteiger partial charge on any atom is 0.254 e. The molecule has 0 radical (unpaired) electrons. The average Bonchev–Trinajstić information content (AvgIpc) is 2.53. The van der Waals surface area contributed by atoms with E-state index in [1.54, 1.807) is 0 Å². The van der Waals surface area contributed by atoms with E-state index in [1.165, 1.54) is 0 Å². The van der Waals surface area contributed by atoms with Crippen LogP contribution in [0.15, 0.2) is 60.7 Å². The summed E-state index contributed by atoms with van der Waals surface area (Å²) in [5.41, 5.74) is 3.51. The van der Waals surface area contributed by atoms with Gasteiger partial charge in [0.1, 0.15) is 0 Å². The van der Waals surface area contributed by atoms with Crippen LogP contribution in [0, 0.1) is 0 Å². The maximum absolute atomic E-state index is 12.7. The van der Waals surface area contributed by atoms with Crippen LogP contribution in [-0.2, 0) is 0 Å². The highest BCUT2D eigenvalue weighted by Crippen LogP contribution is 2.26. The summed E-state index contributed by atoms with van der Waals surface area (Å²) in [7, 11) is 0. The number of benzene rings is 2. The van der Waals surface area contributed by atoms with Crippen molar-refractivity contribution in [3.63, 3.8) is 0 Å². The van der Waals surface area contributed by atoms with Crippen molar-refractivity contribution in [1.29, 1.82) is 0 Å². The van der Waals surface area contributed by atoms with Gasteiger partial charge in [-0.2, -0.15) is 0 Å². The van der Waals surface area contributed by atoms with Gasteiger partial charge in [0.05, 0.1) is 16.8 Å². The van der Waals surface area contributed by atoms with Gasteiger partial charge in [-0.1, -0.05) is 48.5 Å². The molecule has 0 unspecified atom stereocenters. The minimum absolute atomic E-state index is 0.113. The first-order chi connectivity index (χ1) is 10.8. The summed E-state index contributed by atoms with van der Waals surface area (Å²) in [4.78, 5) is 19.3. The van der Waals surface area contributed by atoms with Crippen LogP contribution in [0.25, 0.3) is 22.2 Å². The molecule has 0 atom stereocenters. The highest BCUT2D eigenvalue weighted by atomic mass is 16.2. The van der Waals surface area contributed by atoms with E-state index in [0.29, 0.717) is 0 Å². The minimum Gasteiger partial charge on any atom is -0.338 e. The summed E-state index contributed by atoms with van der Waals surface area (Å²) in [5.74, 6) is 0.113. The molecule has 1 aliphatic heterocycles. The van der Waals surface area contributed by atoms with Crippen LogP contribution in [0.4, 0.5) is 0 Å². The number of carbonyl (C=O) groups excluding carboxylic acids is 1. The molecule has 0 saturated carbocycles. The van der Waals surface area contributed by atoms with Gasteiger partial charge < -0.3 is 4.90 Å². The third kappa shape index (κ3) is 2.15. The zero-order valence-corrected chi connectivity index (χ0v) is 12.2. The molecule has 3 heteroatoms.